The predicted molar refractivity (Wildman–Crippen MR) is 70.7 cm³/mol. The topological polar surface area (TPSA) is 84.6 Å². The average Bonchev–Trinajstić information content (AvgIpc) is 2.35. The third kappa shape index (κ3) is 4.25. The van der Waals surface area contributed by atoms with Crippen molar-refractivity contribution in [1.29, 1.82) is 0 Å². The minimum atomic E-state index is -0.189. The van der Waals surface area contributed by atoms with E-state index in [-0.39, 0.29) is 18.6 Å². The van der Waals surface area contributed by atoms with E-state index in [0.717, 1.165) is 6.42 Å². The number of aliphatic hydroxyl groups excluding tert-OH is 1. The molecule has 1 rings (SSSR count). The first-order valence-corrected chi connectivity index (χ1v) is 5.93. The highest BCUT2D eigenvalue weighted by Gasteiger charge is 2.11. The molecule has 1 atom stereocenters. The van der Waals surface area contributed by atoms with E-state index >= 15 is 0 Å². The van der Waals surface area contributed by atoms with E-state index in [2.05, 4.69) is 5.32 Å². The summed E-state index contributed by atoms with van der Waals surface area (Å²) in [6.07, 6.45) is 1.41. The second-order valence-electron chi connectivity index (χ2n) is 4.24. The molecule has 0 bridgehead atoms. The van der Waals surface area contributed by atoms with Gasteiger partial charge in [-0.1, -0.05) is 0 Å². The molecule has 1 aromatic carbocycles. The maximum atomic E-state index is 12.0. The number of hydrogen-bond acceptors (Lipinski definition) is 4. The van der Waals surface area contributed by atoms with Crippen LogP contribution in [0.4, 0.5) is 5.69 Å². The molecule has 1 unspecified atom stereocenters. The van der Waals surface area contributed by atoms with Crippen molar-refractivity contribution in [3.05, 3.63) is 23.8 Å². The second-order valence-corrected chi connectivity index (χ2v) is 4.24. The standard InChI is InChI=1S/C13H20N2O3/c1-9(4-3-5-16)15-13(17)10-6-11(14)8-12(7-10)18-2/h6-9,16H,3-5,14H2,1-2H3,(H,15,17). The average molecular weight is 252 g/mol. The number of nitrogens with one attached hydrogen (secondary N) is 1. The molecule has 1 amide bonds. The summed E-state index contributed by atoms with van der Waals surface area (Å²) in [6, 6.07) is 4.92. The van der Waals surface area contributed by atoms with Gasteiger partial charge >= 0.3 is 0 Å². The molecule has 4 N–H and O–H groups in total. The fourth-order valence-electron chi connectivity index (χ4n) is 1.65. The molecule has 0 heterocycles. The van der Waals surface area contributed by atoms with Crippen LogP contribution in [0.5, 0.6) is 5.75 Å². The lowest BCUT2D eigenvalue weighted by Crippen LogP contribution is -2.32. The number of anilines is 1. The number of methoxy groups -OCH3 is 1. The second kappa shape index (κ2) is 6.86. The van der Waals surface area contributed by atoms with E-state index in [1.54, 1.807) is 18.2 Å². The zero-order valence-electron chi connectivity index (χ0n) is 10.8. The summed E-state index contributed by atoms with van der Waals surface area (Å²) >= 11 is 0. The van der Waals surface area contributed by atoms with Crippen molar-refractivity contribution < 1.29 is 14.6 Å². The maximum Gasteiger partial charge on any atom is 0.251 e. The van der Waals surface area contributed by atoms with Crippen LogP contribution < -0.4 is 15.8 Å². The van der Waals surface area contributed by atoms with Crippen LogP contribution in [0.25, 0.3) is 0 Å². The van der Waals surface area contributed by atoms with Crippen LogP contribution in [-0.2, 0) is 0 Å². The van der Waals surface area contributed by atoms with Gasteiger partial charge in [-0.15, -0.1) is 0 Å². The summed E-state index contributed by atoms with van der Waals surface area (Å²) in [5, 5.41) is 11.6. The van der Waals surface area contributed by atoms with Crippen molar-refractivity contribution >= 4 is 11.6 Å². The van der Waals surface area contributed by atoms with E-state index in [9.17, 15) is 4.79 Å². The lowest BCUT2D eigenvalue weighted by Gasteiger charge is -2.14. The van der Waals surface area contributed by atoms with Crippen molar-refractivity contribution in [3.8, 4) is 5.75 Å². The number of carbonyl (C=O) groups excluding carboxylic acids is 1. The van der Waals surface area contributed by atoms with Gasteiger partial charge in [0.15, 0.2) is 0 Å². The molecule has 0 aliphatic rings. The number of benzene rings is 1. The van der Waals surface area contributed by atoms with Crippen LogP contribution in [-0.4, -0.2) is 30.8 Å². The van der Waals surface area contributed by atoms with Crippen LogP contribution in [0.1, 0.15) is 30.1 Å². The van der Waals surface area contributed by atoms with E-state index < -0.39 is 0 Å². The molecule has 0 aliphatic heterocycles. The first kappa shape index (κ1) is 14.3. The number of aliphatic hydroxyl groups is 1. The molecular weight excluding hydrogens is 232 g/mol. The number of hydrogen-bond donors (Lipinski definition) is 3. The Morgan fingerprint density at radius 3 is 2.83 bits per heavy atom. The van der Waals surface area contributed by atoms with E-state index in [0.29, 0.717) is 23.4 Å². The molecule has 5 heteroatoms. The SMILES string of the molecule is COc1cc(N)cc(C(=O)NC(C)CCCO)c1. The van der Waals surface area contributed by atoms with Crippen molar-refractivity contribution in [2.24, 2.45) is 0 Å². The summed E-state index contributed by atoms with van der Waals surface area (Å²) in [5.41, 5.74) is 6.65. The zero-order valence-corrected chi connectivity index (χ0v) is 10.8. The molecule has 0 radical (unpaired) electrons. The van der Waals surface area contributed by atoms with Crippen LogP contribution in [0.2, 0.25) is 0 Å². The summed E-state index contributed by atoms with van der Waals surface area (Å²) in [6.45, 7) is 2.03. The van der Waals surface area contributed by atoms with Crippen molar-refractivity contribution in [1.82, 2.24) is 5.32 Å². The monoisotopic (exact) mass is 252 g/mol. The lowest BCUT2D eigenvalue weighted by atomic mass is 10.1. The van der Waals surface area contributed by atoms with Gasteiger partial charge in [0.25, 0.3) is 5.91 Å². The van der Waals surface area contributed by atoms with Gasteiger partial charge in [-0.25, -0.2) is 0 Å². The maximum absolute atomic E-state index is 12.0. The third-order valence-corrected chi connectivity index (χ3v) is 2.60. The Hall–Kier alpha value is -1.75. The van der Waals surface area contributed by atoms with Gasteiger partial charge in [0.05, 0.1) is 7.11 Å². The quantitative estimate of drug-likeness (QED) is 0.663. The van der Waals surface area contributed by atoms with Gasteiger partial charge < -0.3 is 20.9 Å². The molecule has 0 fully saturated rings. The minimum Gasteiger partial charge on any atom is -0.497 e. The predicted octanol–water partition coefficient (Wildman–Crippen LogP) is 1.17. The third-order valence-electron chi connectivity index (χ3n) is 2.60. The molecule has 0 saturated carbocycles. The fourth-order valence-corrected chi connectivity index (χ4v) is 1.65. The zero-order chi connectivity index (χ0) is 13.5. The molecule has 0 saturated heterocycles. The van der Waals surface area contributed by atoms with Crippen molar-refractivity contribution in [3.63, 3.8) is 0 Å². The summed E-state index contributed by atoms with van der Waals surface area (Å²) in [4.78, 5) is 12.0. The van der Waals surface area contributed by atoms with Crippen LogP contribution in [0, 0.1) is 0 Å². The molecule has 0 spiro atoms. The minimum absolute atomic E-state index is 0.0112. The van der Waals surface area contributed by atoms with E-state index in [1.165, 1.54) is 7.11 Å². The highest BCUT2D eigenvalue weighted by Crippen LogP contribution is 2.18. The highest BCUT2D eigenvalue weighted by molar-refractivity contribution is 5.95. The molecule has 18 heavy (non-hydrogen) atoms. The Bertz CT molecular complexity index is 407. The van der Waals surface area contributed by atoms with E-state index in [4.69, 9.17) is 15.6 Å². The van der Waals surface area contributed by atoms with Gasteiger partial charge in [0.2, 0.25) is 0 Å². The molecule has 1 aromatic rings. The van der Waals surface area contributed by atoms with Crippen molar-refractivity contribution in [2.75, 3.05) is 19.5 Å². The van der Waals surface area contributed by atoms with Crippen molar-refractivity contribution in [2.45, 2.75) is 25.8 Å². The molecule has 0 aromatic heterocycles. The van der Waals surface area contributed by atoms with Gasteiger partial charge in [-0.2, -0.15) is 0 Å². The normalized spacial score (nSPS) is 11.9. The Kier molecular flexibility index (Phi) is 5.45. The summed E-state index contributed by atoms with van der Waals surface area (Å²) in [5.74, 6) is 0.370. The molecule has 0 aliphatic carbocycles. The molecular formula is C13H20N2O3. The number of rotatable bonds is 6. The number of nitrogens with two attached hydrogens (primary N) is 1. The first-order chi connectivity index (χ1) is 8.56. The summed E-state index contributed by atoms with van der Waals surface area (Å²) < 4.78 is 5.06. The summed E-state index contributed by atoms with van der Waals surface area (Å²) in [7, 11) is 1.53. The Labute approximate surface area is 107 Å². The smallest absolute Gasteiger partial charge is 0.251 e. The first-order valence-electron chi connectivity index (χ1n) is 5.93. The number of nitrogen functional groups attached to an aromatic ring is 1. The molecule has 100 valence electrons. The van der Waals surface area contributed by atoms with Crippen LogP contribution >= 0.6 is 0 Å². The lowest BCUT2D eigenvalue weighted by molar-refractivity contribution is 0.0936. The van der Waals surface area contributed by atoms with Gasteiger partial charge in [-0.3, -0.25) is 4.79 Å². The molecule has 5 nitrogen and oxygen atoms in total. The fraction of sp³-hybridized carbons (Fsp3) is 0.462. The number of carbonyl (C=O) groups is 1. The van der Waals surface area contributed by atoms with E-state index in [1.807, 2.05) is 6.92 Å². The Morgan fingerprint density at radius 2 is 2.22 bits per heavy atom. The highest BCUT2D eigenvalue weighted by atomic mass is 16.5. The number of amides is 1. The van der Waals surface area contributed by atoms with Gasteiger partial charge in [-0.05, 0) is 31.9 Å². The number of ether oxygens (including phenoxy) is 1. The Balaban J connectivity index is 2.68. The van der Waals surface area contributed by atoms with Crippen LogP contribution in [0.3, 0.4) is 0 Å². The van der Waals surface area contributed by atoms with Gasteiger partial charge in [0, 0.05) is 30.0 Å². The largest absolute Gasteiger partial charge is 0.497 e. The van der Waals surface area contributed by atoms with Crippen LogP contribution in [0.15, 0.2) is 18.2 Å². The van der Waals surface area contributed by atoms with Gasteiger partial charge in [0.1, 0.15) is 5.75 Å². The Morgan fingerprint density at radius 1 is 1.50 bits per heavy atom.